The van der Waals surface area contributed by atoms with Crippen molar-refractivity contribution in [1.29, 1.82) is 0 Å². The lowest BCUT2D eigenvalue weighted by atomic mass is 9.92. The highest BCUT2D eigenvalue weighted by Crippen LogP contribution is 2.34. The summed E-state index contributed by atoms with van der Waals surface area (Å²) in [6, 6.07) is 0. The molecule has 0 N–H and O–H groups in total. The quantitative estimate of drug-likeness (QED) is 0.323. The van der Waals surface area contributed by atoms with Crippen LogP contribution in [0.4, 0.5) is 0 Å². The van der Waals surface area contributed by atoms with Crippen LogP contribution in [0.15, 0.2) is 22.6 Å². The van der Waals surface area contributed by atoms with E-state index in [2.05, 4.69) is 6.58 Å². The van der Waals surface area contributed by atoms with Crippen molar-refractivity contribution in [3.8, 4) is 0 Å². The maximum atomic E-state index is 13.2. The van der Waals surface area contributed by atoms with E-state index < -0.39 is 0 Å². The third-order valence-corrected chi connectivity index (χ3v) is 6.93. The molecule has 2 aromatic rings. The molecule has 0 aliphatic heterocycles. The van der Waals surface area contributed by atoms with Gasteiger partial charge in [0.05, 0.1) is 11.1 Å². The molecule has 2 aromatic heterocycles. The Kier molecular flexibility index (Phi) is 5.72. The van der Waals surface area contributed by atoms with E-state index in [1.165, 1.54) is 35.0 Å². The summed E-state index contributed by atoms with van der Waals surface area (Å²) < 4.78 is 1.67. The first-order chi connectivity index (χ1) is 12.3. The first-order valence-electron chi connectivity index (χ1n) is 9.15. The zero-order valence-electron chi connectivity index (χ0n) is 15.8. The number of thioether (sulfide) groups is 1. The van der Waals surface area contributed by atoms with E-state index in [9.17, 15) is 9.59 Å². The maximum Gasteiger partial charge on any atom is 0.263 e. The van der Waals surface area contributed by atoms with Crippen LogP contribution in [0.5, 0.6) is 0 Å². The molecule has 1 aliphatic rings. The van der Waals surface area contributed by atoms with E-state index >= 15 is 0 Å². The Hall–Kier alpha value is -1.40. The summed E-state index contributed by atoms with van der Waals surface area (Å²) in [5.41, 5.74) is 0.834. The summed E-state index contributed by atoms with van der Waals surface area (Å²) in [7, 11) is 0. The Labute approximate surface area is 162 Å². The number of nitrogens with zero attached hydrogens (tertiary/aromatic N) is 2. The minimum atomic E-state index is -0.388. The molecule has 0 spiro atoms. The minimum absolute atomic E-state index is 0.0139. The molecule has 3 rings (SSSR count). The molecule has 0 aromatic carbocycles. The maximum absolute atomic E-state index is 13.2. The van der Waals surface area contributed by atoms with Crippen molar-refractivity contribution in [3.63, 3.8) is 0 Å². The molecule has 0 fully saturated rings. The zero-order valence-corrected chi connectivity index (χ0v) is 17.4. The predicted octanol–water partition coefficient (Wildman–Crippen LogP) is 4.62. The predicted molar refractivity (Wildman–Crippen MR) is 111 cm³/mol. The third-order valence-electron chi connectivity index (χ3n) is 4.77. The van der Waals surface area contributed by atoms with Crippen molar-refractivity contribution in [3.05, 3.63) is 33.4 Å². The monoisotopic (exact) mass is 390 g/mol. The van der Waals surface area contributed by atoms with E-state index in [0.29, 0.717) is 17.5 Å². The number of allylic oxidation sites excluding steroid dienone is 1. The first-order valence-corrected chi connectivity index (χ1v) is 10.9. The summed E-state index contributed by atoms with van der Waals surface area (Å²) in [5, 5.41) is 1.41. The normalized spacial score (nSPS) is 14.9. The second-order valence-corrected chi connectivity index (χ2v) is 9.83. The number of aryl methyl sites for hydroxylation is 2. The van der Waals surface area contributed by atoms with Gasteiger partial charge in [-0.2, -0.15) is 0 Å². The number of hydrogen-bond donors (Lipinski definition) is 0. The number of aromatic nitrogens is 2. The molecule has 0 saturated carbocycles. The summed E-state index contributed by atoms with van der Waals surface area (Å²) in [6.45, 7) is 9.95. The Morgan fingerprint density at radius 3 is 2.73 bits per heavy atom. The summed E-state index contributed by atoms with van der Waals surface area (Å²) >= 11 is 3.02. The lowest BCUT2D eigenvalue weighted by Gasteiger charge is -2.16. The van der Waals surface area contributed by atoms with Crippen molar-refractivity contribution in [1.82, 2.24) is 9.55 Å². The Balaban J connectivity index is 2.06. The number of fused-ring (bicyclic) bond motifs is 3. The number of carbonyl (C=O) groups is 1. The average molecular weight is 391 g/mol. The molecule has 0 unspecified atom stereocenters. The molecule has 0 bridgehead atoms. The Bertz CT molecular complexity index is 903. The number of Topliss-reactive ketones (excluding diaryl/α,β-unsaturated/α-hetero) is 1. The highest BCUT2D eigenvalue weighted by molar-refractivity contribution is 7.99. The second-order valence-electron chi connectivity index (χ2n) is 7.81. The molecule has 0 amide bonds. The van der Waals surface area contributed by atoms with Crippen LogP contribution < -0.4 is 5.56 Å². The molecule has 0 atom stereocenters. The number of hydrogen-bond acceptors (Lipinski definition) is 5. The molecule has 1 aliphatic carbocycles. The topological polar surface area (TPSA) is 52.0 Å². The molecule has 6 heteroatoms. The lowest BCUT2D eigenvalue weighted by molar-refractivity contribution is -0.123. The van der Waals surface area contributed by atoms with Gasteiger partial charge >= 0.3 is 0 Å². The fourth-order valence-electron chi connectivity index (χ4n) is 3.14. The first kappa shape index (κ1) is 19.4. The van der Waals surface area contributed by atoms with Crippen molar-refractivity contribution in [2.75, 3.05) is 5.75 Å². The van der Waals surface area contributed by atoms with Crippen LogP contribution in [0, 0.1) is 5.41 Å². The van der Waals surface area contributed by atoms with Crippen LogP contribution in [0.3, 0.4) is 0 Å². The van der Waals surface area contributed by atoms with Gasteiger partial charge < -0.3 is 0 Å². The highest BCUT2D eigenvalue weighted by Gasteiger charge is 2.24. The SMILES string of the molecule is C=CCn1c(SCC(=O)C(C)(C)C)nc2sc3c(c2c1=O)CCCCC3. The van der Waals surface area contributed by atoms with Crippen LogP contribution in [0.2, 0.25) is 0 Å². The van der Waals surface area contributed by atoms with Crippen LogP contribution in [-0.4, -0.2) is 21.1 Å². The van der Waals surface area contributed by atoms with Gasteiger partial charge in [0.1, 0.15) is 10.6 Å². The van der Waals surface area contributed by atoms with Gasteiger partial charge in [-0.25, -0.2) is 4.98 Å². The van der Waals surface area contributed by atoms with Crippen LogP contribution in [0.1, 0.15) is 50.5 Å². The van der Waals surface area contributed by atoms with E-state index in [0.717, 1.165) is 29.5 Å². The molecule has 0 saturated heterocycles. The molecular weight excluding hydrogens is 364 g/mol. The third kappa shape index (κ3) is 3.81. The van der Waals surface area contributed by atoms with E-state index in [4.69, 9.17) is 4.98 Å². The zero-order chi connectivity index (χ0) is 18.9. The second kappa shape index (κ2) is 7.69. The average Bonchev–Trinajstić information content (AvgIpc) is 2.76. The smallest absolute Gasteiger partial charge is 0.263 e. The molecule has 4 nitrogen and oxygen atoms in total. The van der Waals surface area contributed by atoms with Crippen LogP contribution in [0.25, 0.3) is 10.2 Å². The van der Waals surface area contributed by atoms with Crippen molar-refractivity contribution in [2.45, 2.75) is 64.6 Å². The van der Waals surface area contributed by atoms with Gasteiger partial charge in [0, 0.05) is 16.8 Å². The van der Waals surface area contributed by atoms with Gasteiger partial charge in [0.2, 0.25) is 0 Å². The van der Waals surface area contributed by atoms with Crippen LogP contribution in [-0.2, 0) is 24.2 Å². The van der Waals surface area contributed by atoms with E-state index in [-0.39, 0.29) is 16.8 Å². The molecule has 2 heterocycles. The van der Waals surface area contributed by atoms with Crippen molar-refractivity contribution in [2.24, 2.45) is 5.41 Å². The van der Waals surface area contributed by atoms with Gasteiger partial charge in [0.25, 0.3) is 5.56 Å². The molecule has 0 radical (unpaired) electrons. The Morgan fingerprint density at radius 2 is 2.04 bits per heavy atom. The summed E-state index contributed by atoms with van der Waals surface area (Å²) in [4.78, 5) is 32.4. The van der Waals surface area contributed by atoms with Gasteiger partial charge in [-0.3, -0.25) is 14.2 Å². The van der Waals surface area contributed by atoms with E-state index in [1.807, 2.05) is 20.8 Å². The highest BCUT2D eigenvalue weighted by atomic mass is 32.2. The number of thiophene rings is 1. The van der Waals surface area contributed by atoms with Gasteiger partial charge in [-0.15, -0.1) is 17.9 Å². The van der Waals surface area contributed by atoms with Gasteiger partial charge in [-0.05, 0) is 31.2 Å². The lowest BCUT2D eigenvalue weighted by Crippen LogP contribution is -2.25. The van der Waals surface area contributed by atoms with Gasteiger partial charge in [-0.1, -0.05) is 45.0 Å². The standard InChI is InChI=1S/C20H26N2O2S2/c1-5-11-22-18(24)16-13-9-7-6-8-10-14(13)26-17(16)21-19(22)25-12-15(23)20(2,3)4/h5H,1,6-12H2,2-4H3. The summed E-state index contributed by atoms with van der Waals surface area (Å²) in [5.74, 6) is 0.480. The van der Waals surface area contributed by atoms with Crippen LogP contribution >= 0.6 is 23.1 Å². The molecule has 26 heavy (non-hydrogen) atoms. The number of ketones is 1. The Morgan fingerprint density at radius 1 is 1.31 bits per heavy atom. The van der Waals surface area contributed by atoms with Crippen molar-refractivity contribution < 1.29 is 4.79 Å². The van der Waals surface area contributed by atoms with E-state index in [1.54, 1.807) is 22.0 Å². The fourth-order valence-corrected chi connectivity index (χ4v) is 5.62. The largest absolute Gasteiger partial charge is 0.298 e. The molecule has 140 valence electrons. The summed E-state index contributed by atoms with van der Waals surface area (Å²) in [6.07, 6.45) is 7.27. The van der Waals surface area contributed by atoms with Crippen molar-refractivity contribution >= 4 is 39.1 Å². The number of rotatable bonds is 5. The molecular formula is C20H26N2O2S2. The number of carbonyl (C=O) groups excluding carboxylic acids is 1. The minimum Gasteiger partial charge on any atom is -0.298 e. The fraction of sp³-hybridized carbons (Fsp3) is 0.550. The van der Waals surface area contributed by atoms with Gasteiger partial charge in [0.15, 0.2) is 5.16 Å².